The van der Waals surface area contributed by atoms with Crippen LogP contribution in [-0.2, 0) is 11.2 Å². The third-order valence-corrected chi connectivity index (χ3v) is 3.64. The van der Waals surface area contributed by atoms with Crippen LogP contribution in [0.3, 0.4) is 0 Å². The number of benzene rings is 2. The molecule has 0 aliphatic rings. The van der Waals surface area contributed by atoms with Crippen LogP contribution in [-0.4, -0.2) is 23.5 Å². The van der Waals surface area contributed by atoms with Gasteiger partial charge in [-0.3, -0.25) is 25.8 Å². The molecule has 0 aliphatic heterocycles. The summed E-state index contributed by atoms with van der Waals surface area (Å²) in [5.41, 5.74) is 6.49. The fraction of sp³-hybridized carbons (Fsp3) is 0.211. The molecule has 2 rings (SSSR count). The maximum absolute atomic E-state index is 12.2. The van der Waals surface area contributed by atoms with Crippen molar-refractivity contribution in [2.45, 2.75) is 19.8 Å². The van der Waals surface area contributed by atoms with Gasteiger partial charge in [-0.2, -0.15) is 0 Å². The molecule has 0 spiro atoms. The lowest BCUT2D eigenvalue weighted by Crippen LogP contribution is -2.48. The second-order valence-corrected chi connectivity index (χ2v) is 5.81. The average molecular weight is 371 g/mol. The molecule has 7 heteroatoms. The molecular formula is C19H21N3O3S. The summed E-state index contributed by atoms with van der Waals surface area (Å²) >= 11 is 5.02. The van der Waals surface area contributed by atoms with Crippen LogP contribution in [0.2, 0.25) is 0 Å². The zero-order valence-electron chi connectivity index (χ0n) is 14.5. The Morgan fingerprint density at radius 3 is 2.54 bits per heavy atom. The topological polar surface area (TPSA) is 79.5 Å². The number of nitrogens with one attached hydrogen (secondary N) is 3. The van der Waals surface area contributed by atoms with E-state index in [1.54, 1.807) is 24.3 Å². The molecule has 0 saturated heterocycles. The molecule has 0 saturated carbocycles. The van der Waals surface area contributed by atoms with Crippen LogP contribution in [0.1, 0.15) is 29.3 Å². The second-order valence-electron chi connectivity index (χ2n) is 5.40. The van der Waals surface area contributed by atoms with Crippen molar-refractivity contribution in [1.82, 2.24) is 16.2 Å². The van der Waals surface area contributed by atoms with Crippen molar-refractivity contribution in [3.8, 4) is 5.75 Å². The molecule has 0 fully saturated rings. The van der Waals surface area contributed by atoms with Crippen LogP contribution < -0.4 is 20.9 Å². The summed E-state index contributed by atoms with van der Waals surface area (Å²) in [5.74, 6) is -0.000347. The summed E-state index contributed by atoms with van der Waals surface area (Å²) in [4.78, 5) is 24.0. The molecule has 0 radical (unpaired) electrons. The average Bonchev–Trinajstić information content (AvgIpc) is 2.66. The molecule has 0 bridgehead atoms. The van der Waals surface area contributed by atoms with E-state index in [1.807, 2.05) is 37.3 Å². The van der Waals surface area contributed by atoms with Gasteiger partial charge >= 0.3 is 0 Å². The Balaban J connectivity index is 1.74. The van der Waals surface area contributed by atoms with E-state index in [1.165, 1.54) is 0 Å². The normalized spacial score (nSPS) is 9.88. The molecule has 2 aromatic carbocycles. The van der Waals surface area contributed by atoms with Gasteiger partial charge in [-0.05, 0) is 49.3 Å². The first-order valence-electron chi connectivity index (χ1n) is 8.25. The predicted molar refractivity (Wildman–Crippen MR) is 104 cm³/mol. The monoisotopic (exact) mass is 371 g/mol. The fourth-order valence-corrected chi connectivity index (χ4v) is 2.34. The molecule has 2 amide bonds. The minimum absolute atomic E-state index is 0.0184. The Bertz CT molecular complexity index is 766. The van der Waals surface area contributed by atoms with Gasteiger partial charge < -0.3 is 4.74 Å². The van der Waals surface area contributed by atoms with Crippen LogP contribution in [0.4, 0.5) is 0 Å². The lowest BCUT2D eigenvalue weighted by Gasteiger charge is -2.11. The van der Waals surface area contributed by atoms with Crippen molar-refractivity contribution in [2.24, 2.45) is 0 Å². The maximum atomic E-state index is 12.2. The lowest BCUT2D eigenvalue weighted by molar-refractivity contribution is -0.121. The Hall–Kier alpha value is -2.93. The summed E-state index contributed by atoms with van der Waals surface area (Å²) in [6.45, 7) is 2.38. The van der Waals surface area contributed by atoms with Gasteiger partial charge in [-0.1, -0.05) is 36.4 Å². The first-order chi connectivity index (χ1) is 12.6. The summed E-state index contributed by atoms with van der Waals surface area (Å²) in [6.07, 6.45) is 0.932. The van der Waals surface area contributed by atoms with Gasteiger partial charge in [0, 0.05) is 12.0 Å². The number of ether oxygens (including phenoxy) is 1. The molecule has 26 heavy (non-hydrogen) atoms. The van der Waals surface area contributed by atoms with Gasteiger partial charge in [-0.25, -0.2) is 0 Å². The summed E-state index contributed by atoms with van der Waals surface area (Å²) in [6, 6.07) is 16.5. The number of carbonyl (C=O) groups excluding carboxylic acids is 2. The lowest BCUT2D eigenvalue weighted by atomic mass is 10.1. The largest absolute Gasteiger partial charge is 0.494 e. The number of hydrazine groups is 1. The summed E-state index contributed by atoms with van der Waals surface area (Å²) in [5, 5.41) is 2.52. The van der Waals surface area contributed by atoms with Crippen molar-refractivity contribution < 1.29 is 14.3 Å². The maximum Gasteiger partial charge on any atom is 0.257 e. The molecule has 0 heterocycles. The Labute approximate surface area is 157 Å². The van der Waals surface area contributed by atoms with E-state index in [4.69, 9.17) is 17.0 Å². The van der Waals surface area contributed by atoms with Crippen LogP contribution >= 0.6 is 12.2 Å². The number of amides is 2. The standard InChI is InChI=1S/C19H21N3O3S/c1-2-25-16-10-6-9-15(13-16)18(24)20-19(26)22-21-17(23)12-11-14-7-4-3-5-8-14/h3-10,13H,2,11-12H2,1H3,(H,21,23)(H2,20,22,24,26). The molecule has 2 aromatic rings. The van der Waals surface area contributed by atoms with Gasteiger partial charge in [0.05, 0.1) is 6.61 Å². The van der Waals surface area contributed by atoms with Crippen molar-refractivity contribution in [3.63, 3.8) is 0 Å². The van der Waals surface area contributed by atoms with Crippen LogP contribution in [0.15, 0.2) is 54.6 Å². The SMILES string of the molecule is CCOc1cccc(C(=O)NC(=S)NNC(=O)CCc2ccccc2)c1. The van der Waals surface area contributed by atoms with E-state index >= 15 is 0 Å². The third kappa shape index (κ3) is 6.52. The van der Waals surface area contributed by atoms with Crippen molar-refractivity contribution in [1.29, 1.82) is 0 Å². The van der Waals surface area contributed by atoms with Crippen molar-refractivity contribution in [2.75, 3.05) is 6.61 Å². The molecule has 6 nitrogen and oxygen atoms in total. The van der Waals surface area contributed by atoms with Gasteiger partial charge in [-0.15, -0.1) is 0 Å². The predicted octanol–water partition coefficient (Wildman–Crippen LogP) is 2.35. The smallest absolute Gasteiger partial charge is 0.257 e. The van der Waals surface area contributed by atoms with Gasteiger partial charge in [0.2, 0.25) is 5.91 Å². The molecule has 0 atom stereocenters. The van der Waals surface area contributed by atoms with E-state index in [-0.39, 0.29) is 16.9 Å². The number of aryl methyl sites for hydroxylation is 1. The Morgan fingerprint density at radius 1 is 1.04 bits per heavy atom. The number of thiocarbonyl (C=S) groups is 1. The minimum Gasteiger partial charge on any atom is -0.494 e. The van der Waals surface area contributed by atoms with Crippen LogP contribution in [0, 0.1) is 0 Å². The molecule has 0 aromatic heterocycles. The highest BCUT2D eigenvalue weighted by atomic mass is 32.1. The molecule has 136 valence electrons. The number of hydrogen-bond donors (Lipinski definition) is 3. The Morgan fingerprint density at radius 2 is 1.81 bits per heavy atom. The quantitative estimate of drug-likeness (QED) is 0.537. The van der Waals surface area contributed by atoms with Crippen LogP contribution in [0.25, 0.3) is 0 Å². The first-order valence-corrected chi connectivity index (χ1v) is 8.66. The van der Waals surface area contributed by atoms with Gasteiger partial charge in [0.1, 0.15) is 5.75 Å². The van der Waals surface area contributed by atoms with E-state index in [0.717, 1.165) is 5.56 Å². The molecule has 0 aliphatic carbocycles. The van der Waals surface area contributed by atoms with Crippen molar-refractivity contribution >= 4 is 29.1 Å². The highest BCUT2D eigenvalue weighted by Crippen LogP contribution is 2.13. The number of rotatable bonds is 6. The molecular weight excluding hydrogens is 350 g/mol. The van der Waals surface area contributed by atoms with E-state index in [0.29, 0.717) is 30.8 Å². The van der Waals surface area contributed by atoms with E-state index in [9.17, 15) is 9.59 Å². The Kier molecular flexibility index (Phi) is 7.57. The molecule has 3 N–H and O–H groups in total. The van der Waals surface area contributed by atoms with Crippen molar-refractivity contribution in [3.05, 3.63) is 65.7 Å². The third-order valence-electron chi connectivity index (χ3n) is 3.43. The summed E-state index contributed by atoms with van der Waals surface area (Å²) in [7, 11) is 0. The zero-order chi connectivity index (χ0) is 18.8. The number of carbonyl (C=O) groups is 2. The summed E-state index contributed by atoms with van der Waals surface area (Å²) < 4.78 is 5.36. The fourth-order valence-electron chi connectivity index (χ4n) is 2.19. The number of hydrogen-bond acceptors (Lipinski definition) is 4. The van der Waals surface area contributed by atoms with E-state index < -0.39 is 0 Å². The van der Waals surface area contributed by atoms with Gasteiger partial charge in [0.25, 0.3) is 5.91 Å². The van der Waals surface area contributed by atoms with Crippen LogP contribution in [0.5, 0.6) is 5.75 Å². The highest BCUT2D eigenvalue weighted by molar-refractivity contribution is 7.80. The van der Waals surface area contributed by atoms with E-state index in [2.05, 4.69) is 16.2 Å². The zero-order valence-corrected chi connectivity index (χ0v) is 15.3. The first kappa shape index (κ1) is 19.4. The minimum atomic E-state index is -0.386. The highest BCUT2D eigenvalue weighted by Gasteiger charge is 2.09. The molecule has 0 unspecified atom stereocenters. The second kappa shape index (κ2) is 10.1. The van der Waals surface area contributed by atoms with Gasteiger partial charge in [0.15, 0.2) is 5.11 Å².